The highest BCUT2D eigenvalue weighted by atomic mass is 79.9. The Hall–Kier alpha value is -1.50. The van der Waals surface area contributed by atoms with Crippen molar-refractivity contribution in [2.75, 3.05) is 5.75 Å². The van der Waals surface area contributed by atoms with E-state index in [0.717, 1.165) is 40.6 Å². The van der Waals surface area contributed by atoms with E-state index in [1.54, 1.807) is 4.90 Å². The van der Waals surface area contributed by atoms with Crippen LogP contribution in [0.2, 0.25) is 5.02 Å². The maximum absolute atomic E-state index is 13.1. The largest absolute Gasteiger partial charge is 0.352 e. The zero-order valence-corrected chi connectivity index (χ0v) is 20.1. The van der Waals surface area contributed by atoms with Crippen LogP contribution in [0.5, 0.6) is 0 Å². The van der Waals surface area contributed by atoms with Crippen molar-refractivity contribution in [3.63, 3.8) is 0 Å². The molecule has 30 heavy (non-hydrogen) atoms. The maximum atomic E-state index is 13.1. The first kappa shape index (κ1) is 23.2. The molecule has 0 bridgehead atoms. The van der Waals surface area contributed by atoms with Gasteiger partial charge in [-0.15, -0.1) is 11.8 Å². The smallest absolute Gasteiger partial charge is 0.242 e. The number of carbonyl (C=O) groups excluding carboxylic acids is 2. The summed E-state index contributed by atoms with van der Waals surface area (Å²) in [6.07, 6.45) is 4.34. The Bertz CT molecular complexity index is 872. The van der Waals surface area contributed by atoms with Crippen LogP contribution in [-0.4, -0.2) is 34.6 Å². The molecule has 1 aliphatic rings. The number of nitrogens with zero attached hydrogens (tertiary/aromatic N) is 1. The van der Waals surface area contributed by atoms with Crippen LogP contribution in [0.25, 0.3) is 0 Å². The van der Waals surface area contributed by atoms with E-state index in [1.807, 2.05) is 55.5 Å². The van der Waals surface area contributed by atoms with Crippen LogP contribution in [0.1, 0.15) is 38.2 Å². The van der Waals surface area contributed by atoms with E-state index in [2.05, 4.69) is 21.2 Å². The minimum atomic E-state index is -0.539. The minimum Gasteiger partial charge on any atom is -0.352 e. The van der Waals surface area contributed by atoms with Crippen molar-refractivity contribution in [2.24, 2.45) is 0 Å². The van der Waals surface area contributed by atoms with E-state index in [0.29, 0.717) is 11.6 Å². The van der Waals surface area contributed by atoms with Gasteiger partial charge in [-0.25, -0.2) is 0 Å². The number of nitrogens with one attached hydrogen (secondary N) is 1. The van der Waals surface area contributed by atoms with Gasteiger partial charge in [0.2, 0.25) is 11.8 Å². The fraction of sp³-hybridized carbons (Fsp3) is 0.391. The van der Waals surface area contributed by atoms with Gasteiger partial charge in [-0.05, 0) is 61.7 Å². The average Bonchev–Trinajstić information content (AvgIpc) is 3.24. The van der Waals surface area contributed by atoms with Crippen LogP contribution in [0.3, 0.4) is 0 Å². The second-order valence-electron chi connectivity index (χ2n) is 7.56. The first-order chi connectivity index (χ1) is 14.4. The van der Waals surface area contributed by atoms with Gasteiger partial charge in [-0.1, -0.05) is 52.5 Å². The second kappa shape index (κ2) is 11.2. The summed E-state index contributed by atoms with van der Waals surface area (Å²) in [6, 6.07) is 14.9. The van der Waals surface area contributed by atoms with Gasteiger partial charge in [0.1, 0.15) is 6.04 Å². The summed E-state index contributed by atoms with van der Waals surface area (Å²) >= 11 is 10.9. The lowest BCUT2D eigenvalue weighted by Crippen LogP contribution is -2.50. The van der Waals surface area contributed by atoms with Gasteiger partial charge in [0.15, 0.2) is 0 Å². The van der Waals surface area contributed by atoms with Crippen LogP contribution < -0.4 is 5.32 Å². The molecular formula is C23H26BrClN2O2S. The summed E-state index contributed by atoms with van der Waals surface area (Å²) in [4.78, 5) is 28.7. The second-order valence-corrected chi connectivity index (χ2v) is 9.96. The van der Waals surface area contributed by atoms with Crippen molar-refractivity contribution in [3.8, 4) is 0 Å². The van der Waals surface area contributed by atoms with Crippen LogP contribution in [0.15, 0.2) is 57.9 Å². The van der Waals surface area contributed by atoms with Gasteiger partial charge in [-0.2, -0.15) is 0 Å². The molecule has 3 rings (SSSR count). The molecule has 2 aromatic rings. The quantitative estimate of drug-likeness (QED) is 0.466. The van der Waals surface area contributed by atoms with E-state index >= 15 is 0 Å². The molecule has 160 valence electrons. The minimum absolute atomic E-state index is 0.0657. The molecule has 0 aromatic heterocycles. The van der Waals surface area contributed by atoms with Crippen molar-refractivity contribution in [3.05, 3.63) is 63.6 Å². The number of halogens is 2. The van der Waals surface area contributed by atoms with Gasteiger partial charge < -0.3 is 10.2 Å². The Morgan fingerprint density at radius 2 is 1.90 bits per heavy atom. The van der Waals surface area contributed by atoms with Gasteiger partial charge in [0.25, 0.3) is 0 Å². The SMILES string of the molecule is C[C@H](C(=O)NC1CCCC1)N(Cc1cccc(Br)c1)C(=O)CSc1ccc(Cl)cc1. The lowest BCUT2D eigenvalue weighted by molar-refractivity contribution is -0.138. The van der Waals surface area contributed by atoms with Crippen LogP contribution >= 0.6 is 39.3 Å². The summed E-state index contributed by atoms with van der Waals surface area (Å²) in [5, 5.41) is 3.79. The summed E-state index contributed by atoms with van der Waals surface area (Å²) in [5.74, 6) is 0.113. The molecule has 2 aromatic carbocycles. The van der Waals surface area contributed by atoms with Gasteiger partial charge >= 0.3 is 0 Å². The number of amides is 2. The molecule has 1 atom stereocenters. The van der Waals surface area contributed by atoms with E-state index in [4.69, 9.17) is 11.6 Å². The lowest BCUT2D eigenvalue weighted by Gasteiger charge is -2.29. The highest BCUT2D eigenvalue weighted by Crippen LogP contribution is 2.23. The number of benzene rings is 2. The van der Waals surface area contributed by atoms with Crippen molar-refractivity contribution < 1.29 is 9.59 Å². The number of hydrogen-bond acceptors (Lipinski definition) is 3. The standard InChI is InChI=1S/C23H26BrClN2O2S/c1-16(23(29)26-20-7-2-3-8-20)27(14-17-5-4-6-18(24)13-17)22(28)15-30-21-11-9-19(25)10-12-21/h4-6,9-13,16,20H,2-3,7-8,14-15H2,1H3,(H,26,29)/t16-/m1/s1. The zero-order chi connectivity index (χ0) is 21.5. The average molecular weight is 510 g/mol. The Morgan fingerprint density at radius 1 is 1.20 bits per heavy atom. The summed E-state index contributed by atoms with van der Waals surface area (Å²) < 4.78 is 0.950. The molecule has 1 N–H and O–H groups in total. The molecule has 2 amide bonds. The van der Waals surface area contributed by atoms with E-state index in [-0.39, 0.29) is 23.6 Å². The first-order valence-electron chi connectivity index (χ1n) is 10.1. The van der Waals surface area contributed by atoms with Gasteiger partial charge in [0.05, 0.1) is 5.75 Å². The monoisotopic (exact) mass is 508 g/mol. The molecular weight excluding hydrogens is 484 g/mol. The molecule has 0 unspecified atom stereocenters. The van der Waals surface area contributed by atoms with Crippen molar-refractivity contribution in [2.45, 2.75) is 56.1 Å². The molecule has 0 heterocycles. The van der Waals surface area contributed by atoms with Crippen molar-refractivity contribution in [1.29, 1.82) is 0 Å². The Labute approximate surface area is 195 Å². The molecule has 0 saturated heterocycles. The number of carbonyl (C=O) groups is 2. The predicted octanol–water partition coefficient (Wildman–Crippen LogP) is 5.67. The molecule has 1 saturated carbocycles. The fourth-order valence-corrected chi connectivity index (χ4v) is 4.92. The number of rotatable bonds is 8. The van der Waals surface area contributed by atoms with Crippen molar-refractivity contribution >= 4 is 51.1 Å². The Morgan fingerprint density at radius 3 is 2.57 bits per heavy atom. The molecule has 0 radical (unpaired) electrons. The highest BCUT2D eigenvalue weighted by Gasteiger charge is 2.28. The van der Waals surface area contributed by atoms with Gasteiger partial charge in [-0.3, -0.25) is 9.59 Å². The molecule has 0 aliphatic heterocycles. The molecule has 0 spiro atoms. The normalized spacial score (nSPS) is 15.0. The molecule has 7 heteroatoms. The highest BCUT2D eigenvalue weighted by molar-refractivity contribution is 9.10. The molecule has 4 nitrogen and oxygen atoms in total. The number of hydrogen-bond donors (Lipinski definition) is 1. The topological polar surface area (TPSA) is 49.4 Å². The fourth-order valence-electron chi connectivity index (χ4n) is 3.57. The predicted molar refractivity (Wildman–Crippen MR) is 127 cm³/mol. The van der Waals surface area contributed by atoms with E-state index < -0.39 is 6.04 Å². The summed E-state index contributed by atoms with van der Waals surface area (Å²) in [5.41, 5.74) is 0.981. The lowest BCUT2D eigenvalue weighted by atomic mass is 10.1. The molecule has 1 aliphatic carbocycles. The third kappa shape index (κ3) is 6.76. The summed E-state index contributed by atoms with van der Waals surface area (Å²) in [6.45, 7) is 2.20. The Kier molecular flexibility index (Phi) is 8.66. The number of thioether (sulfide) groups is 1. The summed E-state index contributed by atoms with van der Waals surface area (Å²) in [7, 11) is 0. The van der Waals surface area contributed by atoms with Crippen LogP contribution in [-0.2, 0) is 16.1 Å². The van der Waals surface area contributed by atoms with E-state index in [9.17, 15) is 9.59 Å². The third-order valence-electron chi connectivity index (χ3n) is 5.29. The zero-order valence-electron chi connectivity index (χ0n) is 16.9. The maximum Gasteiger partial charge on any atom is 0.242 e. The first-order valence-corrected chi connectivity index (χ1v) is 12.3. The van der Waals surface area contributed by atoms with Crippen LogP contribution in [0.4, 0.5) is 0 Å². The van der Waals surface area contributed by atoms with E-state index in [1.165, 1.54) is 11.8 Å². The Balaban J connectivity index is 1.70. The van der Waals surface area contributed by atoms with Crippen molar-refractivity contribution in [1.82, 2.24) is 10.2 Å². The van der Waals surface area contributed by atoms with Gasteiger partial charge in [0, 0.05) is 27.0 Å². The molecule has 1 fully saturated rings. The van der Waals surface area contributed by atoms with Crippen LogP contribution in [0, 0.1) is 0 Å². The third-order valence-corrected chi connectivity index (χ3v) is 7.03.